The van der Waals surface area contributed by atoms with Crippen LogP contribution in [0, 0.1) is 9.39 Å². The van der Waals surface area contributed by atoms with Gasteiger partial charge in [0.1, 0.15) is 17.3 Å². The van der Waals surface area contributed by atoms with Gasteiger partial charge in [-0.2, -0.15) is 0 Å². The molecule has 0 aliphatic carbocycles. The van der Waals surface area contributed by atoms with Crippen molar-refractivity contribution in [3.63, 3.8) is 0 Å². The number of hydrogen-bond acceptors (Lipinski definition) is 6. The van der Waals surface area contributed by atoms with E-state index in [1.54, 1.807) is 22.6 Å². The summed E-state index contributed by atoms with van der Waals surface area (Å²) in [6.45, 7) is 0. The van der Waals surface area contributed by atoms with Crippen LogP contribution in [0.1, 0.15) is 0 Å². The first-order valence-corrected chi connectivity index (χ1v) is 6.30. The number of methoxy groups -OCH3 is 2. The van der Waals surface area contributed by atoms with Crippen molar-refractivity contribution in [1.29, 1.82) is 0 Å². The number of rotatable bonds is 4. The minimum Gasteiger partial charge on any atom is -0.506 e. The summed E-state index contributed by atoms with van der Waals surface area (Å²) in [5, 5.41) is 12.2. The van der Waals surface area contributed by atoms with Crippen LogP contribution in [0.2, 0.25) is 0 Å². The Morgan fingerprint density at radius 2 is 2.00 bits per heavy atom. The topological polar surface area (TPSA) is 84.9 Å². The summed E-state index contributed by atoms with van der Waals surface area (Å²) in [7, 11) is 2.28. The van der Waals surface area contributed by atoms with E-state index in [1.165, 1.54) is 0 Å². The molecule has 1 aromatic rings. The van der Waals surface area contributed by atoms with E-state index in [9.17, 15) is 19.1 Å². The van der Waals surface area contributed by atoms with E-state index in [4.69, 9.17) is 0 Å². The summed E-state index contributed by atoms with van der Waals surface area (Å²) in [5.74, 6) is -2.66. The molecule has 2 N–H and O–H groups in total. The Bertz CT molecular complexity index is 550. The summed E-state index contributed by atoms with van der Waals surface area (Å²) in [6.07, 6.45) is 0.866. The number of anilines is 1. The lowest BCUT2D eigenvalue weighted by atomic mass is 10.2. The summed E-state index contributed by atoms with van der Waals surface area (Å²) >= 11 is 1.77. The number of phenols is 1. The quantitative estimate of drug-likeness (QED) is 0.350. The second kappa shape index (κ2) is 7.08. The van der Waals surface area contributed by atoms with Crippen LogP contribution in [-0.2, 0) is 19.1 Å². The lowest BCUT2D eigenvalue weighted by molar-refractivity contribution is -0.138. The summed E-state index contributed by atoms with van der Waals surface area (Å²) in [6, 6.07) is 2.02. The second-order valence-electron chi connectivity index (χ2n) is 3.48. The van der Waals surface area contributed by atoms with Gasteiger partial charge < -0.3 is 19.9 Å². The molecule has 1 aromatic carbocycles. The number of carbonyl (C=O) groups is 2. The number of nitrogens with one attached hydrogen (secondary N) is 1. The van der Waals surface area contributed by atoms with Crippen molar-refractivity contribution < 1.29 is 28.6 Å². The zero-order valence-electron chi connectivity index (χ0n) is 10.6. The molecule has 8 heteroatoms. The van der Waals surface area contributed by atoms with Crippen molar-refractivity contribution in [1.82, 2.24) is 0 Å². The van der Waals surface area contributed by atoms with Crippen molar-refractivity contribution >= 4 is 40.2 Å². The van der Waals surface area contributed by atoms with Gasteiger partial charge in [-0.1, -0.05) is 0 Å². The fourth-order valence-electron chi connectivity index (χ4n) is 1.25. The third-order valence-corrected chi connectivity index (χ3v) is 3.01. The Morgan fingerprint density at radius 1 is 1.35 bits per heavy atom. The van der Waals surface area contributed by atoms with E-state index < -0.39 is 23.5 Å². The average Bonchev–Trinajstić information content (AvgIpc) is 2.40. The van der Waals surface area contributed by atoms with Crippen LogP contribution in [-0.4, -0.2) is 31.3 Å². The van der Waals surface area contributed by atoms with E-state index in [1.807, 2.05) is 0 Å². The standard InChI is InChI=1S/C12H11FINO5/c1-19-10(17)5-8(12(18)20-2)15-11-7(14)3-6(13)4-9(11)16/h3-5,15-16H,1-2H3/b8-5+. The van der Waals surface area contributed by atoms with E-state index in [0.29, 0.717) is 3.57 Å². The van der Waals surface area contributed by atoms with Gasteiger partial charge in [-0.25, -0.2) is 14.0 Å². The van der Waals surface area contributed by atoms with E-state index in [2.05, 4.69) is 14.8 Å². The molecule has 0 aliphatic rings. The first kappa shape index (κ1) is 16.2. The van der Waals surface area contributed by atoms with Crippen LogP contribution in [0.15, 0.2) is 23.9 Å². The lowest BCUT2D eigenvalue weighted by Gasteiger charge is -2.12. The molecule has 0 saturated carbocycles. The number of phenolic OH excluding ortho intramolecular Hbond substituents is 1. The second-order valence-corrected chi connectivity index (χ2v) is 4.64. The van der Waals surface area contributed by atoms with E-state index in [-0.39, 0.29) is 11.4 Å². The predicted octanol–water partition coefficient (Wildman–Crippen LogP) is 1.78. The Kier molecular flexibility index (Phi) is 5.74. The van der Waals surface area contributed by atoms with Gasteiger partial charge in [0, 0.05) is 9.64 Å². The first-order chi connectivity index (χ1) is 9.38. The Balaban J connectivity index is 3.17. The van der Waals surface area contributed by atoms with Crippen LogP contribution in [0.4, 0.5) is 10.1 Å². The third-order valence-electron chi connectivity index (χ3n) is 2.16. The molecule has 0 heterocycles. The van der Waals surface area contributed by atoms with Crippen LogP contribution < -0.4 is 5.32 Å². The highest BCUT2D eigenvalue weighted by molar-refractivity contribution is 14.1. The molecule has 6 nitrogen and oxygen atoms in total. The molecular weight excluding hydrogens is 384 g/mol. The van der Waals surface area contributed by atoms with Gasteiger partial charge in [0.15, 0.2) is 0 Å². The molecule has 0 bridgehead atoms. The number of ether oxygens (including phenoxy) is 2. The highest BCUT2D eigenvalue weighted by atomic mass is 127. The maximum atomic E-state index is 13.1. The number of aromatic hydroxyl groups is 1. The lowest BCUT2D eigenvalue weighted by Crippen LogP contribution is -2.16. The van der Waals surface area contributed by atoms with Gasteiger partial charge in [0.25, 0.3) is 0 Å². The maximum absolute atomic E-state index is 13.1. The summed E-state index contributed by atoms with van der Waals surface area (Å²) in [5.41, 5.74) is -0.174. The zero-order valence-corrected chi connectivity index (χ0v) is 12.7. The number of halogens is 2. The van der Waals surface area contributed by atoms with Gasteiger partial charge in [-0.05, 0) is 28.7 Å². The number of esters is 2. The molecule has 0 atom stereocenters. The van der Waals surface area contributed by atoms with Crippen LogP contribution in [0.25, 0.3) is 0 Å². The Morgan fingerprint density at radius 3 is 2.50 bits per heavy atom. The van der Waals surface area contributed by atoms with E-state index >= 15 is 0 Å². The third kappa shape index (κ3) is 4.08. The molecule has 0 aliphatic heterocycles. The first-order valence-electron chi connectivity index (χ1n) is 5.22. The van der Waals surface area contributed by atoms with Crippen molar-refractivity contribution in [3.05, 3.63) is 33.3 Å². The molecule has 1 rings (SSSR count). The average molecular weight is 395 g/mol. The number of hydrogen-bond donors (Lipinski definition) is 2. The summed E-state index contributed by atoms with van der Waals surface area (Å²) in [4.78, 5) is 22.7. The van der Waals surface area contributed by atoms with Gasteiger partial charge in [0.05, 0.1) is 26.0 Å². The predicted molar refractivity (Wildman–Crippen MR) is 76.5 cm³/mol. The molecule has 0 unspecified atom stereocenters. The monoisotopic (exact) mass is 395 g/mol. The van der Waals surface area contributed by atoms with E-state index in [0.717, 1.165) is 32.4 Å². The molecule has 20 heavy (non-hydrogen) atoms. The Hall–Kier alpha value is -1.84. The smallest absolute Gasteiger partial charge is 0.354 e. The van der Waals surface area contributed by atoms with Gasteiger partial charge in [-0.3, -0.25) is 0 Å². The van der Waals surface area contributed by atoms with Crippen LogP contribution >= 0.6 is 22.6 Å². The Labute approximate surface area is 127 Å². The normalized spacial score (nSPS) is 10.9. The SMILES string of the molecule is COC(=O)/C=C(/Nc1c(O)cc(F)cc1I)C(=O)OC. The molecule has 0 aromatic heterocycles. The largest absolute Gasteiger partial charge is 0.506 e. The van der Waals surface area contributed by atoms with Crippen molar-refractivity contribution in [2.24, 2.45) is 0 Å². The highest BCUT2D eigenvalue weighted by Gasteiger charge is 2.17. The van der Waals surface area contributed by atoms with Crippen LogP contribution in [0.5, 0.6) is 5.75 Å². The molecular formula is C12H11FINO5. The number of benzene rings is 1. The maximum Gasteiger partial charge on any atom is 0.354 e. The van der Waals surface area contributed by atoms with Crippen molar-refractivity contribution in [3.8, 4) is 5.75 Å². The molecule has 0 saturated heterocycles. The number of carbonyl (C=O) groups excluding carboxylic acids is 2. The molecule has 0 spiro atoms. The molecule has 0 radical (unpaired) electrons. The molecule has 0 fully saturated rings. The van der Waals surface area contributed by atoms with Crippen molar-refractivity contribution in [2.45, 2.75) is 0 Å². The van der Waals surface area contributed by atoms with Gasteiger partial charge in [0.2, 0.25) is 0 Å². The summed E-state index contributed by atoms with van der Waals surface area (Å²) < 4.78 is 22.3. The molecule has 108 valence electrons. The fraction of sp³-hybridized carbons (Fsp3) is 0.167. The fourth-order valence-corrected chi connectivity index (χ4v) is 1.96. The minimum atomic E-state index is -0.838. The van der Waals surface area contributed by atoms with Gasteiger partial charge >= 0.3 is 11.9 Å². The van der Waals surface area contributed by atoms with Crippen LogP contribution in [0.3, 0.4) is 0 Å². The zero-order chi connectivity index (χ0) is 15.3. The molecule has 0 amide bonds. The van der Waals surface area contributed by atoms with Gasteiger partial charge in [-0.15, -0.1) is 0 Å². The minimum absolute atomic E-state index is 0.0764. The van der Waals surface area contributed by atoms with Crippen molar-refractivity contribution in [2.75, 3.05) is 19.5 Å². The highest BCUT2D eigenvalue weighted by Crippen LogP contribution is 2.31.